The van der Waals surface area contributed by atoms with Gasteiger partial charge in [0, 0.05) is 55.0 Å². The number of hydrogen-bond acceptors (Lipinski definition) is 6. The van der Waals surface area contributed by atoms with Crippen molar-refractivity contribution in [2.45, 2.75) is 88.6 Å². The van der Waals surface area contributed by atoms with Gasteiger partial charge in [-0.05, 0) is 44.6 Å². The number of aryl methyl sites for hydroxylation is 1. The molecule has 2 aliphatic heterocycles. The summed E-state index contributed by atoms with van der Waals surface area (Å²) in [6, 6.07) is 4.10. The lowest BCUT2D eigenvalue weighted by Crippen LogP contribution is -2.53. The molecule has 3 fully saturated rings. The molecule has 2 saturated heterocycles. The first-order chi connectivity index (χ1) is 14.0. The Kier molecular flexibility index (Phi) is 4.75. The molecular weight excluding hydrogens is 366 g/mol. The van der Waals surface area contributed by atoms with Gasteiger partial charge in [0.1, 0.15) is 5.82 Å². The number of aromatic nitrogens is 4. The Morgan fingerprint density at radius 2 is 1.79 bits per heavy atom. The first-order valence-electron chi connectivity index (χ1n) is 10.9. The van der Waals surface area contributed by atoms with E-state index in [1.54, 1.807) is 6.07 Å². The Balaban J connectivity index is 1.30. The van der Waals surface area contributed by atoms with E-state index in [4.69, 9.17) is 0 Å². The Bertz CT molecular complexity index is 923. The molecule has 1 unspecified atom stereocenters. The van der Waals surface area contributed by atoms with E-state index >= 15 is 0 Å². The fourth-order valence-corrected chi connectivity index (χ4v) is 5.11. The van der Waals surface area contributed by atoms with E-state index in [0.717, 1.165) is 55.7 Å². The standard InChI is InChI=1S/C22H29N5O2/c1-2-20-23-11-15(12-24-20)13-26-17-5-6-18(26)10-22(29,9-17)14-27-21(28)8-7-19(25-27)16-3-4-16/h7-8,11-12,16-18,29H,2-6,9-10,13-14H2,1H3/t17-,18+,22?. The Morgan fingerprint density at radius 1 is 1.10 bits per heavy atom. The van der Waals surface area contributed by atoms with Crippen LogP contribution in [0.25, 0.3) is 0 Å². The average Bonchev–Trinajstić information content (AvgIpc) is 3.52. The van der Waals surface area contributed by atoms with Gasteiger partial charge in [-0.3, -0.25) is 9.69 Å². The fourth-order valence-electron chi connectivity index (χ4n) is 5.11. The monoisotopic (exact) mass is 395 g/mol. The zero-order chi connectivity index (χ0) is 20.0. The molecule has 1 aliphatic carbocycles. The molecule has 0 radical (unpaired) electrons. The van der Waals surface area contributed by atoms with E-state index in [2.05, 4.69) is 26.9 Å². The van der Waals surface area contributed by atoms with Gasteiger partial charge >= 0.3 is 0 Å². The number of hydrogen-bond donors (Lipinski definition) is 1. The predicted molar refractivity (Wildman–Crippen MR) is 108 cm³/mol. The summed E-state index contributed by atoms with van der Waals surface area (Å²) >= 11 is 0. The van der Waals surface area contributed by atoms with Crippen LogP contribution in [0.4, 0.5) is 0 Å². The second-order valence-corrected chi connectivity index (χ2v) is 9.08. The SMILES string of the molecule is CCc1ncc(CN2[C@@H]3CC[C@H]2CC(O)(Cn2nc(C4CC4)ccc2=O)C3)cn1. The third-order valence-corrected chi connectivity index (χ3v) is 6.77. The van der Waals surface area contributed by atoms with Crippen LogP contribution in [0, 0.1) is 0 Å². The highest BCUT2D eigenvalue weighted by Crippen LogP contribution is 2.42. The van der Waals surface area contributed by atoms with E-state index in [9.17, 15) is 9.90 Å². The lowest BCUT2D eigenvalue weighted by molar-refractivity contribution is -0.0678. The molecule has 29 heavy (non-hydrogen) atoms. The quantitative estimate of drug-likeness (QED) is 0.806. The molecule has 7 heteroatoms. The summed E-state index contributed by atoms with van der Waals surface area (Å²) in [4.78, 5) is 23.7. The fraction of sp³-hybridized carbons (Fsp3) is 0.636. The normalized spacial score (nSPS) is 29.3. The van der Waals surface area contributed by atoms with E-state index in [0.29, 0.717) is 37.4 Å². The van der Waals surface area contributed by atoms with E-state index in [1.165, 1.54) is 4.68 Å². The highest BCUT2D eigenvalue weighted by Gasteiger charge is 2.47. The van der Waals surface area contributed by atoms with Crippen LogP contribution in [-0.2, 0) is 19.5 Å². The van der Waals surface area contributed by atoms with E-state index in [-0.39, 0.29) is 5.56 Å². The van der Waals surface area contributed by atoms with Crippen molar-refractivity contribution < 1.29 is 5.11 Å². The molecule has 2 bridgehead atoms. The van der Waals surface area contributed by atoms with Gasteiger partial charge in [-0.15, -0.1) is 0 Å². The maximum absolute atomic E-state index is 12.3. The van der Waals surface area contributed by atoms with Gasteiger partial charge in [0.25, 0.3) is 5.56 Å². The third-order valence-electron chi connectivity index (χ3n) is 6.77. The summed E-state index contributed by atoms with van der Waals surface area (Å²) in [6.07, 6.45) is 10.5. The van der Waals surface area contributed by atoms with Crippen LogP contribution in [-0.4, -0.2) is 47.4 Å². The van der Waals surface area contributed by atoms with Gasteiger partial charge in [-0.25, -0.2) is 14.6 Å². The second-order valence-electron chi connectivity index (χ2n) is 9.08. The number of fused-ring (bicyclic) bond motifs is 2. The molecule has 0 aromatic carbocycles. The van der Waals surface area contributed by atoms with Crippen LogP contribution < -0.4 is 5.56 Å². The van der Waals surface area contributed by atoms with Crippen molar-refractivity contribution in [3.05, 3.63) is 52.0 Å². The predicted octanol–water partition coefficient (Wildman–Crippen LogP) is 2.03. The summed E-state index contributed by atoms with van der Waals surface area (Å²) < 4.78 is 1.50. The van der Waals surface area contributed by atoms with Crippen molar-refractivity contribution in [2.75, 3.05) is 0 Å². The largest absolute Gasteiger partial charge is 0.388 e. The van der Waals surface area contributed by atoms with Crippen LogP contribution in [0.15, 0.2) is 29.3 Å². The zero-order valence-electron chi connectivity index (χ0n) is 17.0. The van der Waals surface area contributed by atoms with Crippen molar-refractivity contribution in [2.24, 2.45) is 0 Å². The molecular formula is C22H29N5O2. The van der Waals surface area contributed by atoms with Gasteiger partial charge in [0.05, 0.1) is 17.8 Å². The van der Waals surface area contributed by atoms with E-state index < -0.39 is 5.60 Å². The molecule has 1 saturated carbocycles. The summed E-state index contributed by atoms with van der Waals surface area (Å²) in [5.41, 5.74) is 1.12. The smallest absolute Gasteiger partial charge is 0.266 e. The minimum atomic E-state index is -0.871. The molecule has 7 nitrogen and oxygen atoms in total. The second kappa shape index (κ2) is 7.29. The Hall–Kier alpha value is -2.12. The number of rotatable bonds is 6. The van der Waals surface area contributed by atoms with Gasteiger partial charge in [0.2, 0.25) is 0 Å². The van der Waals surface area contributed by atoms with Crippen molar-refractivity contribution in [3.8, 4) is 0 Å². The molecule has 154 valence electrons. The van der Waals surface area contributed by atoms with E-state index in [1.807, 2.05) is 18.5 Å². The first kappa shape index (κ1) is 18.9. The minimum Gasteiger partial charge on any atom is -0.388 e. The van der Waals surface area contributed by atoms with Gasteiger partial charge in [-0.1, -0.05) is 6.92 Å². The maximum atomic E-state index is 12.3. The number of piperidine rings is 1. The molecule has 2 aromatic heterocycles. The van der Waals surface area contributed by atoms with Gasteiger partial charge in [-0.2, -0.15) is 5.10 Å². The molecule has 3 aliphatic rings. The third kappa shape index (κ3) is 3.85. The molecule has 5 rings (SSSR count). The minimum absolute atomic E-state index is 0.120. The summed E-state index contributed by atoms with van der Waals surface area (Å²) in [5.74, 6) is 1.37. The molecule has 0 amide bonds. The molecule has 4 heterocycles. The van der Waals surface area contributed by atoms with Crippen molar-refractivity contribution in [1.82, 2.24) is 24.6 Å². The lowest BCUT2D eigenvalue weighted by Gasteiger charge is -2.43. The maximum Gasteiger partial charge on any atom is 0.266 e. The van der Waals surface area contributed by atoms with Crippen LogP contribution in [0.1, 0.15) is 68.4 Å². The molecule has 0 spiro atoms. The highest BCUT2D eigenvalue weighted by atomic mass is 16.3. The summed E-state index contributed by atoms with van der Waals surface area (Å²) in [7, 11) is 0. The van der Waals surface area contributed by atoms with Gasteiger partial charge in [0.15, 0.2) is 0 Å². The molecule has 3 atom stereocenters. The highest BCUT2D eigenvalue weighted by molar-refractivity contribution is 5.13. The van der Waals surface area contributed by atoms with Gasteiger partial charge < -0.3 is 5.11 Å². The summed E-state index contributed by atoms with van der Waals surface area (Å²) in [6.45, 7) is 3.17. The molecule has 2 aromatic rings. The van der Waals surface area contributed by atoms with Crippen LogP contribution in [0.5, 0.6) is 0 Å². The average molecular weight is 396 g/mol. The summed E-state index contributed by atoms with van der Waals surface area (Å²) in [5, 5.41) is 15.9. The van der Waals surface area contributed by atoms with Crippen molar-refractivity contribution >= 4 is 0 Å². The van der Waals surface area contributed by atoms with Crippen molar-refractivity contribution in [1.29, 1.82) is 0 Å². The number of aliphatic hydroxyl groups is 1. The van der Waals surface area contributed by atoms with Crippen LogP contribution in [0.3, 0.4) is 0 Å². The van der Waals surface area contributed by atoms with Crippen molar-refractivity contribution in [3.63, 3.8) is 0 Å². The number of nitrogens with zero attached hydrogens (tertiary/aromatic N) is 5. The lowest BCUT2D eigenvalue weighted by atomic mass is 9.85. The Labute approximate surface area is 170 Å². The van der Waals surface area contributed by atoms with Crippen LogP contribution >= 0.6 is 0 Å². The first-order valence-corrected chi connectivity index (χ1v) is 10.9. The topological polar surface area (TPSA) is 84.1 Å². The van der Waals surface area contributed by atoms with Crippen LogP contribution in [0.2, 0.25) is 0 Å². The zero-order valence-corrected chi connectivity index (χ0v) is 17.0. The Morgan fingerprint density at radius 3 is 2.41 bits per heavy atom. The molecule has 1 N–H and O–H groups in total.